The van der Waals surface area contributed by atoms with Crippen LogP contribution < -0.4 is 5.73 Å². The van der Waals surface area contributed by atoms with Crippen molar-refractivity contribution in [3.63, 3.8) is 0 Å². The van der Waals surface area contributed by atoms with E-state index < -0.39 is 0 Å². The van der Waals surface area contributed by atoms with Crippen LogP contribution in [0.5, 0.6) is 0 Å². The first-order chi connectivity index (χ1) is 6.72. The quantitative estimate of drug-likeness (QED) is 0.867. The average molecular weight is 256 g/mol. The van der Waals surface area contributed by atoms with Crippen LogP contribution in [0.4, 0.5) is 0 Å². The molecule has 0 aliphatic heterocycles. The number of aliphatic hydroxyl groups is 1. The number of hydrogen-bond donors (Lipinski definition) is 2. The van der Waals surface area contributed by atoms with Gasteiger partial charge >= 0.3 is 0 Å². The van der Waals surface area contributed by atoms with E-state index in [-0.39, 0.29) is 12.0 Å². The van der Waals surface area contributed by atoms with Gasteiger partial charge in [0.25, 0.3) is 0 Å². The van der Waals surface area contributed by atoms with Crippen LogP contribution in [0.25, 0.3) is 0 Å². The zero-order valence-corrected chi connectivity index (χ0v) is 9.50. The zero-order chi connectivity index (χ0) is 10.2. The third-order valence-corrected chi connectivity index (χ3v) is 3.71. The van der Waals surface area contributed by atoms with Crippen molar-refractivity contribution >= 4 is 15.9 Å². The highest BCUT2D eigenvalue weighted by molar-refractivity contribution is 9.10. The van der Waals surface area contributed by atoms with Gasteiger partial charge in [-0.05, 0) is 30.0 Å². The minimum absolute atomic E-state index is 0.0339. The molecule has 0 saturated heterocycles. The van der Waals surface area contributed by atoms with Crippen molar-refractivity contribution < 1.29 is 5.11 Å². The fourth-order valence-electron chi connectivity index (χ4n) is 1.98. The van der Waals surface area contributed by atoms with E-state index in [0.29, 0.717) is 12.5 Å². The number of benzene rings is 1. The Morgan fingerprint density at radius 3 is 2.50 bits per heavy atom. The first-order valence-corrected chi connectivity index (χ1v) is 5.57. The van der Waals surface area contributed by atoms with Crippen molar-refractivity contribution in [2.24, 2.45) is 11.1 Å². The van der Waals surface area contributed by atoms with Gasteiger partial charge in [-0.2, -0.15) is 0 Å². The van der Waals surface area contributed by atoms with E-state index in [9.17, 15) is 5.11 Å². The Kier molecular flexibility index (Phi) is 2.64. The van der Waals surface area contributed by atoms with Crippen molar-refractivity contribution in [2.45, 2.75) is 12.3 Å². The molecule has 2 atom stereocenters. The number of rotatable bonds is 3. The number of halogens is 1. The molecule has 1 fully saturated rings. The second-order valence-corrected chi connectivity index (χ2v) is 4.95. The maximum atomic E-state index is 9.25. The molecule has 1 aromatic carbocycles. The van der Waals surface area contributed by atoms with Gasteiger partial charge in [0.2, 0.25) is 0 Å². The largest absolute Gasteiger partial charge is 0.396 e. The summed E-state index contributed by atoms with van der Waals surface area (Å²) in [5.74, 6) is 0.450. The van der Waals surface area contributed by atoms with Gasteiger partial charge in [0.05, 0.1) is 6.61 Å². The highest BCUT2D eigenvalue weighted by atomic mass is 79.9. The number of nitrogens with two attached hydrogens (primary N) is 1. The monoisotopic (exact) mass is 255 g/mol. The molecule has 0 bridgehead atoms. The lowest BCUT2D eigenvalue weighted by Crippen LogP contribution is -2.21. The molecule has 2 nitrogen and oxygen atoms in total. The Bertz CT molecular complexity index is 319. The number of aliphatic hydroxyl groups excluding tert-OH is 1. The van der Waals surface area contributed by atoms with Crippen LogP contribution >= 0.6 is 15.9 Å². The molecule has 1 aromatic rings. The smallest absolute Gasteiger partial charge is 0.0505 e. The van der Waals surface area contributed by atoms with Gasteiger partial charge < -0.3 is 10.8 Å². The third-order valence-electron chi connectivity index (χ3n) is 3.18. The molecule has 1 aliphatic rings. The van der Waals surface area contributed by atoms with Crippen molar-refractivity contribution in [1.29, 1.82) is 0 Å². The van der Waals surface area contributed by atoms with Gasteiger partial charge in [-0.25, -0.2) is 0 Å². The molecule has 3 N–H and O–H groups in total. The van der Waals surface area contributed by atoms with Gasteiger partial charge in [0.15, 0.2) is 0 Å². The summed E-state index contributed by atoms with van der Waals surface area (Å²) >= 11 is 3.40. The van der Waals surface area contributed by atoms with Crippen molar-refractivity contribution in [1.82, 2.24) is 0 Å². The minimum atomic E-state index is -0.0339. The molecular formula is C11H14BrNO. The van der Waals surface area contributed by atoms with Crippen LogP contribution in [0.1, 0.15) is 17.9 Å². The van der Waals surface area contributed by atoms with Gasteiger partial charge in [0.1, 0.15) is 0 Å². The van der Waals surface area contributed by atoms with E-state index in [4.69, 9.17) is 5.73 Å². The zero-order valence-electron chi connectivity index (χ0n) is 7.91. The lowest BCUT2D eigenvalue weighted by atomic mass is 10.0. The highest BCUT2D eigenvalue weighted by Gasteiger charge is 2.53. The fourth-order valence-corrected chi connectivity index (χ4v) is 2.24. The maximum Gasteiger partial charge on any atom is 0.0505 e. The molecule has 76 valence electrons. The predicted octanol–water partition coefficient (Wildman–Crippen LogP) is 1.87. The van der Waals surface area contributed by atoms with Gasteiger partial charge in [0, 0.05) is 16.4 Å². The van der Waals surface area contributed by atoms with Crippen LogP contribution in [0, 0.1) is 5.41 Å². The molecular weight excluding hydrogens is 242 g/mol. The second kappa shape index (κ2) is 3.65. The van der Waals surface area contributed by atoms with E-state index in [2.05, 4.69) is 28.1 Å². The molecule has 0 heterocycles. The summed E-state index contributed by atoms with van der Waals surface area (Å²) < 4.78 is 1.09. The summed E-state index contributed by atoms with van der Waals surface area (Å²) in [7, 11) is 0. The summed E-state index contributed by atoms with van der Waals surface area (Å²) in [4.78, 5) is 0. The van der Waals surface area contributed by atoms with E-state index in [1.54, 1.807) is 0 Å². The SMILES string of the molecule is NC[C@]1(CO)C[C@@H]1c1ccc(Br)cc1. The van der Waals surface area contributed by atoms with Crippen LogP contribution in [0.2, 0.25) is 0 Å². The Balaban J connectivity index is 2.16. The van der Waals surface area contributed by atoms with Crippen molar-refractivity contribution in [3.05, 3.63) is 34.3 Å². The van der Waals surface area contributed by atoms with Gasteiger partial charge in [-0.3, -0.25) is 0 Å². The molecule has 1 saturated carbocycles. The first kappa shape index (κ1) is 10.1. The minimum Gasteiger partial charge on any atom is -0.396 e. The summed E-state index contributed by atoms with van der Waals surface area (Å²) in [6.45, 7) is 0.772. The number of hydrogen-bond acceptors (Lipinski definition) is 2. The summed E-state index contributed by atoms with van der Waals surface area (Å²) in [6.07, 6.45) is 1.02. The molecule has 3 heteroatoms. The second-order valence-electron chi connectivity index (χ2n) is 4.03. The Morgan fingerprint density at radius 1 is 1.43 bits per heavy atom. The lowest BCUT2D eigenvalue weighted by molar-refractivity contribution is 0.211. The van der Waals surface area contributed by atoms with Gasteiger partial charge in [-0.15, -0.1) is 0 Å². The van der Waals surface area contributed by atoms with Gasteiger partial charge in [-0.1, -0.05) is 28.1 Å². The molecule has 1 aliphatic carbocycles. The first-order valence-electron chi connectivity index (χ1n) is 4.78. The standard InChI is InChI=1S/C11H14BrNO/c12-9-3-1-8(2-4-9)10-5-11(10,6-13)7-14/h1-4,10,14H,5-7,13H2/t10-,11+/m1/s1. The van der Waals surface area contributed by atoms with Crippen molar-refractivity contribution in [3.8, 4) is 0 Å². The fraction of sp³-hybridized carbons (Fsp3) is 0.455. The van der Waals surface area contributed by atoms with Crippen molar-refractivity contribution in [2.75, 3.05) is 13.2 Å². The maximum absolute atomic E-state index is 9.25. The third kappa shape index (κ3) is 1.60. The highest BCUT2D eigenvalue weighted by Crippen LogP contribution is 2.58. The van der Waals surface area contributed by atoms with E-state index in [0.717, 1.165) is 10.9 Å². The van der Waals surface area contributed by atoms with Crippen LogP contribution in [0.3, 0.4) is 0 Å². The summed E-state index contributed by atoms with van der Waals surface area (Å²) in [5, 5.41) is 9.25. The topological polar surface area (TPSA) is 46.2 Å². The molecule has 14 heavy (non-hydrogen) atoms. The molecule has 0 spiro atoms. The Morgan fingerprint density at radius 2 is 2.07 bits per heavy atom. The predicted molar refractivity (Wildman–Crippen MR) is 60.1 cm³/mol. The molecule has 0 amide bonds. The van der Waals surface area contributed by atoms with Crippen LogP contribution in [-0.2, 0) is 0 Å². The summed E-state index contributed by atoms with van der Waals surface area (Å²) in [5.41, 5.74) is 6.92. The summed E-state index contributed by atoms with van der Waals surface area (Å²) in [6, 6.07) is 8.27. The van der Waals surface area contributed by atoms with E-state index in [1.807, 2.05) is 12.1 Å². The van der Waals surface area contributed by atoms with E-state index in [1.165, 1.54) is 5.56 Å². The molecule has 0 aromatic heterocycles. The van der Waals surface area contributed by atoms with E-state index >= 15 is 0 Å². The average Bonchev–Trinajstić information content (AvgIpc) is 2.94. The normalized spacial score (nSPS) is 30.4. The van der Waals surface area contributed by atoms with Crippen LogP contribution in [-0.4, -0.2) is 18.3 Å². The molecule has 0 unspecified atom stereocenters. The Hall–Kier alpha value is -0.380. The molecule has 0 radical (unpaired) electrons. The van der Waals surface area contributed by atoms with Crippen LogP contribution in [0.15, 0.2) is 28.7 Å². The Labute approximate surface area is 92.3 Å². The molecule has 2 rings (SSSR count). The lowest BCUT2D eigenvalue weighted by Gasteiger charge is -2.10.